The van der Waals surface area contributed by atoms with E-state index in [0.29, 0.717) is 17.8 Å². The van der Waals surface area contributed by atoms with E-state index in [4.69, 9.17) is 0 Å². The number of hydrogen-bond acceptors (Lipinski definition) is 1. The summed E-state index contributed by atoms with van der Waals surface area (Å²) < 4.78 is 14.9. The maximum atomic E-state index is 13.2. The molecule has 0 aliphatic rings. The fraction of sp³-hybridized carbons (Fsp3) is 0.211. The number of nitrogens with zero attached hydrogens (tertiary/aromatic N) is 1. The molecule has 3 aromatic rings. The average molecular weight is 295 g/mol. The molecule has 2 aromatic carbocycles. The molecule has 0 N–H and O–H groups in total. The van der Waals surface area contributed by atoms with Gasteiger partial charge in [-0.3, -0.25) is 4.79 Å². The monoisotopic (exact) mass is 295 g/mol. The SMILES string of the molecule is CC(C)Cn1cc(-c2ccc(F)cc2)c2ccccc2c1=O. The lowest BCUT2D eigenvalue weighted by molar-refractivity contribution is 0.514. The molecule has 0 unspecified atom stereocenters. The number of fused-ring (bicyclic) bond motifs is 1. The Labute approximate surface area is 128 Å². The van der Waals surface area contributed by atoms with Crippen molar-refractivity contribution < 1.29 is 4.39 Å². The Morgan fingerprint density at radius 2 is 1.64 bits per heavy atom. The first-order valence-electron chi connectivity index (χ1n) is 7.44. The van der Waals surface area contributed by atoms with Crippen LogP contribution < -0.4 is 5.56 Å². The Balaban J connectivity index is 2.30. The predicted octanol–water partition coefficient (Wildman–Crippen LogP) is 4.46. The molecular weight excluding hydrogens is 277 g/mol. The van der Waals surface area contributed by atoms with E-state index in [1.807, 2.05) is 30.5 Å². The normalized spacial score (nSPS) is 11.3. The van der Waals surface area contributed by atoms with E-state index < -0.39 is 0 Å². The molecule has 3 rings (SSSR count). The van der Waals surface area contributed by atoms with E-state index in [1.165, 1.54) is 12.1 Å². The number of rotatable bonds is 3. The molecule has 0 aliphatic heterocycles. The molecule has 22 heavy (non-hydrogen) atoms. The Morgan fingerprint density at radius 3 is 2.27 bits per heavy atom. The van der Waals surface area contributed by atoms with Gasteiger partial charge in [0.25, 0.3) is 5.56 Å². The largest absolute Gasteiger partial charge is 0.314 e. The second kappa shape index (κ2) is 5.76. The molecule has 0 fully saturated rings. The summed E-state index contributed by atoms with van der Waals surface area (Å²) in [5.41, 5.74) is 1.89. The molecule has 1 aromatic heterocycles. The van der Waals surface area contributed by atoms with Crippen molar-refractivity contribution in [3.8, 4) is 11.1 Å². The van der Waals surface area contributed by atoms with Crippen LogP contribution in [0.15, 0.2) is 59.5 Å². The smallest absolute Gasteiger partial charge is 0.258 e. The minimum atomic E-state index is -0.261. The third-order valence-electron chi connectivity index (χ3n) is 3.71. The van der Waals surface area contributed by atoms with Crippen LogP contribution in [0.25, 0.3) is 21.9 Å². The van der Waals surface area contributed by atoms with Crippen molar-refractivity contribution in [1.82, 2.24) is 4.57 Å². The molecule has 1 heterocycles. The van der Waals surface area contributed by atoms with Crippen LogP contribution in [0.3, 0.4) is 0 Å². The first-order valence-corrected chi connectivity index (χ1v) is 7.44. The zero-order valence-corrected chi connectivity index (χ0v) is 12.7. The van der Waals surface area contributed by atoms with Crippen LogP contribution in [0.1, 0.15) is 13.8 Å². The summed E-state index contributed by atoms with van der Waals surface area (Å²) in [6, 6.07) is 14.0. The van der Waals surface area contributed by atoms with E-state index in [1.54, 1.807) is 16.7 Å². The number of halogens is 1. The van der Waals surface area contributed by atoms with Gasteiger partial charge in [-0.05, 0) is 35.1 Å². The van der Waals surface area contributed by atoms with Crippen molar-refractivity contribution in [3.63, 3.8) is 0 Å². The summed E-state index contributed by atoms with van der Waals surface area (Å²) in [5, 5.41) is 1.60. The van der Waals surface area contributed by atoms with E-state index in [2.05, 4.69) is 13.8 Å². The third-order valence-corrected chi connectivity index (χ3v) is 3.71. The van der Waals surface area contributed by atoms with E-state index >= 15 is 0 Å². The number of benzene rings is 2. The van der Waals surface area contributed by atoms with E-state index in [-0.39, 0.29) is 11.4 Å². The zero-order valence-electron chi connectivity index (χ0n) is 12.7. The lowest BCUT2D eigenvalue weighted by Crippen LogP contribution is -2.22. The highest BCUT2D eigenvalue weighted by molar-refractivity contribution is 5.95. The highest BCUT2D eigenvalue weighted by atomic mass is 19.1. The Bertz CT molecular complexity index is 863. The Hall–Kier alpha value is -2.42. The highest BCUT2D eigenvalue weighted by Crippen LogP contribution is 2.27. The lowest BCUT2D eigenvalue weighted by atomic mass is 10.0. The van der Waals surface area contributed by atoms with Gasteiger partial charge in [-0.25, -0.2) is 4.39 Å². The fourth-order valence-electron chi connectivity index (χ4n) is 2.73. The maximum absolute atomic E-state index is 13.2. The van der Waals surface area contributed by atoms with Crippen LogP contribution in [-0.4, -0.2) is 4.57 Å². The van der Waals surface area contributed by atoms with Crippen LogP contribution in [0, 0.1) is 11.7 Å². The summed E-state index contributed by atoms with van der Waals surface area (Å²) in [5.74, 6) is 0.114. The van der Waals surface area contributed by atoms with Crippen LogP contribution in [0.4, 0.5) is 4.39 Å². The summed E-state index contributed by atoms with van der Waals surface area (Å²) in [7, 11) is 0. The van der Waals surface area contributed by atoms with Gasteiger partial charge in [0, 0.05) is 23.7 Å². The van der Waals surface area contributed by atoms with Gasteiger partial charge >= 0.3 is 0 Å². The van der Waals surface area contributed by atoms with Crippen LogP contribution in [0.2, 0.25) is 0 Å². The van der Waals surface area contributed by atoms with Crippen molar-refractivity contribution in [2.75, 3.05) is 0 Å². The van der Waals surface area contributed by atoms with Gasteiger partial charge in [-0.2, -0.15) is 0 Å². The summed E-state index contributed by atoms with van der Waals surface area (Å²) >= 11 is 0. The second-order valence-corrected chi connectivity index (χ2v) is 5.95. The standard InChI is InChI=1S/C19H18FNO/c1-13(2)11-21-12-18(14-7-9-15(20)10-8-14)16-5-3-4-6-17(16)19(21)22/h3-10,12-13H,11H2,1-2H3. The predicted molar refractivity (Wildman–Crippen MR) is 88.4 cm³/mol. The molecule has 0 bridgehead atoms. The van der Waals surface area contributed by atoms with Gasteiger partial charge in [0.05, 0.1) is 0 Å². The molecular formula is C19H18FNO. The van der Waals surface area contributed by atoms with Crippen molar-refractivity contribution in [2.45, 2.75) is 20.4 Å². The molecule has 0 radical (unpaired) electrons. The molecule has 3 heteroatoms. The van der Waals surface area contributed by atoms with Gasteiger partial charge in [-0.15, -0.1) is 0 Å². The Morgan fingerprint density at radius 1 is 1.00 bits per heavy atom. The van der Waals surface area contributed by atoms with Gasteiger partial charge < -0.3 is 4.57 Å². The molecule has 0 saturated carbocycles. The molecule has 0 spiro atoms. The Kier molecular flexibility index (Phi) is 3.80. The van der Waals surface area contributed by atoms with Crippen molar-refractivity contribution in [1.29, 1.82) is 0 Å². The minimum Gasteiger partial charge on any atom is -0.314 e. The molecule has 0 amide bonds. The van der Waals surface area contributed by atoms with Crippen molar-refractivity contribution in [2.24, 2.45) is 5.92 Å². The molecule has 2 nitrogen and oxygen atoms in total. The zero-order chi connectivity index (χ0) is 15.7. The summed E-state index contributed by atoms with van der Waals surface area (Å²) in [6.45, 7) is 4.83. The van der Waals surface area contributed by atoms with Gasteiger partial charge in [0.1, 0.15) is 5.82 Å². The quantitative estimate of drug-likeness (QED) is 0.699. The number of pyridine rings is 1. The fourth-order valence-corrected chi connectivity index (χ4v) is 2.73. The highest BCUT2D eigenvalue weighted by Gasteiger charge is 2.11. The third kappa shape index (κ3) is 2.67. The second-order valence-electron chi connectivity index (χ2n) is 5.95. The van der Waals surface area contributed by atoms with Crippen molar-refractivity contribution >= 4 is 10.8 Å². The van der Waals surface area contributed by atoms with Gasteiger partial charge in [-0.1, -0.05) is 44.2 Å². The first kappa shape index (κ1) is 14.5. The van der Waals surface area contributed by atoms with Crippen molar-refractivity contribution in [3.05, 3.63) is 70.9 Å². The maximum Gasteiger partial charge on any atom is 0.258 e. The van der Waals surface area contributed by atoms with Crippen LogP contribution >= 0.6 is 0 Å². The first-order chi connectivity index (χ1) is 10.6. The van der Waals surface area contributed by atoms with E-state index in [0.717, 1.165) is 16.5 Å². The summed E-state index contributed by atoms with van der Waals surface area (Å²) in [4.78, 5) is 12.6. The molecule has 0 atom stereocenters. The minimum absolute atomic E-state index is 0.0233. The topological polar surface area (TPSA) is 22.0 Å². The summed E-state index contributed by atoms with van der Waals surface area (Å²) in [6.07, 6.45) is 1.89. The average Bonchev–Trinajstić information content (AvgIpc) is 2.51. The number of hydrogen-bond donors (Lipinski definition) is 0. The number of aromatic nitrogens is 1. The van der Waals surface area contributed by atoms with E-state index in [9.17, 15) is 9.18 Å². The lowest BCUT2D eigenvalue weighted by Gasteiger charge is -2.14. The van der Waals surface area contributed by atoms with Gasteiger partial charge in [0.2, 0.25) is 0 Å². The molecule has 112 valence electrons. The van der Waals surface area contributed by atoms with Crippen LogP contribution in [0.5, 0.6) is 0 Å². The molecule has 0 aliphatic carbocycles. The molecule has 0 saturated heterocycles. The van der Waals surface area contributed by atoms with Gasteiger partial charge in [0.15, 0.2) is 0 Å². The van der Waals surface area contributed by atoms with Crippen LogP contribution in [-0.2, 0) is 6.54 Å².